The fraction of sp³-hybridized carbons (Fsp3) is 0.450. The van der Waals surface area contributed by atoms with E-state index in [-0.39, 0.29) is 40.9 Å². The quantitative estimate of drug-likeness (QED) is 0.724. The number of alkyl halides is 3. The highest BCUT2D eigenvalue weighted by Crippen LogP contribution is 2.39. The monoisotopic (exact) mass is 411 g/mol. The Balaban J connectivity index is 2.30. The van der Waals surface area contributed by atoms with Gasteiger partial charge >= 0.3 is 6.36 Å². The van der Waals surface area contributed by atoms with Crippen molar-refractivity contribution in [3.8, 4) is 5.75 Å². The van der Waals surface area contributed by atoms with E-state index < -0.39 is 11.9 Å². The molecule has 1 aromatic carbocycles. The molecule has 0 unspecified atom stereocenters. The fourth-order valence-corrected chi connectivity index (χ4v) is 2.92. The summed E-state index contributed by atoms with van der Waals surface area (Å²) in [5, 5.41) is 0. The van der Waals surface area contributed by atoms with Crippen LogP contribution in [0.25, 0.3) is 0 Å². The normalized spacial score (nSPS) is 13.1. The number of aromatic amines is 1. The molecule has 0 aliphatic rings. The molecule has 0 radical (unpaired) electrons. The maximum atomic E-state index is 12.8. The first kappa shape index (κ1) is 22.4. The van der Waals surface area contributed by atoms with Gasteiger partial charge < -0.3 is 9.64 Å². The molecule has 9 heteroatoms. The van der Waals surface area contributed by atoms with Gasteiger partial charge in [0.2, 0.25) is 5.95 Å². The highest BCUT2D eigenvalue weighted by atomic mass is 19.4. The van der Waals surface area contributed by atoms with E-state index in [0.717, 1.165) is 6.07 Å². The zero-order valence-electron chi connectivity index (χ0n) is 16.9. The number of anilines is 1. The SMILES string of the molecule is CN(C)c1nc(C(=O)C[C@@H](c2ccc(OC(F)(F)F)cc2)C(C)(C)C)cc(=O)[nH]1. The molecule has 0 spiro atoms. The minimum absolute atomic E-state index is 0.0451. The molecule has 2 aromatic rings. The van der Waals surface area contributed by atoms with Gasteiger partial charge in [-0.3, -0.25) is 14.6 Å². The van der Waals surface area contributed by atoms with Crippen LogP contribution in [0.5, 0.6) is 5.75 Å². The van der Waals surface area contributed by atoms with Crippen LogP contribution in [0.4, 0.5) is 19.1 Å². The Labute approximate surface area is 166 Å². The van der Waals surface area contributed by atoms with Gasteiger partial charge in [0.1, 0.15) is 11.4 Å². The third-order valence-corrected chi connectivity index (χ3v) is 4.39. The highest BCUT2D eigenvalue weighted by Gasteiger charge is 2.32. The number of ketones is 1. The second-order valence-electron chi connectivity index (χ2n) is 8.01. The zero-order chi connectivity index (χ0) is 22.0. The Bertz CT molecular complexity index is 914. The summed E-state index contributed by atoms with van der Waals surface area (Å²) in [6, 6.07) is 6.63. The number of carbonyl (C=O) groups is 1. The van der Waals surface area contributed by atoms with Crippen molar-refractivity contribution >= 4 is 11.7 Å². The number of carbonyl (C=O) groups excluding carboxylic acids is 1. The second kappa shape index (κ2) is 8.26. The van der Waals surface area contributed by atoms with Crippen molar-refractivity contribution < 1.29 is 22.7 Å². The van der Waals surface area contributed by atoms with Gasteiger partial charge in [0, 0.05) is 26.6 Å². The molecule has 2 rings (SSSR count). The lowest BCUT2D eigenvalue weighted by Gasteiger charge is -2.31. The van der Waals surface area contributed by atoms with E-state index in [0.29, 0.717) is 5.56 Å². The van der Waals surface area contributed by atoms with Crippen LogP contribution in [0, 0.1) is 5.41 Å². The Morgan fingerprint density at radius 2 is 1.76 bits per heavy atom. The van der Waals surface area contributed by atoms with Crippen molar-refractivity contribution in [2.45, 2.75) is 39.5 Å². The van der Waals surface area contributed by atoms with Gasteiger partial charge in [-0.1, -0.05) is 32.9 Å². The van der Waals surface area contributed by atoms with E-state index >= 15 is 0 Å². The molecule has 0 bridgehead atoms. The number of hydrogen-bond acceptors (Lipinski definition) is 5. The molecule has 0 saturated heterocycles. The van der Waals surface area contributed by atoms with Gasteiger partial charge in [-0.05, 0) is 29.0 Å². The highest BCUT2D eigenvalue weighted by molar-refractivity contribution is 5.95. The Hall–Kier alpha value is -2.84. The number of nitrogens with one attached hydrogen (secondary N) is 1. The molecule has 1 atom stereocenters. The van der Waals surface area contributed by atoms with Crippen LogP contribution in [0.3, 0.4) is 0 Å². The van der Waals surface area contributed by atoms with Crippen LogP contribution >= 0.6 is 0 Å². The lowest BCUT2D eigenvalue weighted by atomic mass is 9.73. The molecule has 158 valence electrons. The van der Waals surface area contributed by atoms with Crippen molar-refractivity contribution in [1.29, 1.82) is 0 Å². The Kier molecular flexibility index (Phi) is 6.40. The molecule has 0 saturated carbocycles. The summed E-state index contributed by atoms with van der Waals surface area (Å²) in [5.74, 6) is -0.692. The van der Waals surface area contributed by atoms with Crippen LogP contribution < -0.4 is 15.2 Å². The summed E-state index contributed by atoms with van der Waals surface area (Å²) in [4.78, 5) is 33.0. The average molecular weight is 411 g/mol. The Morgan fingerprint density at radius 1 is 1.17 bits per heavy atom. The molecule has 1 aromatic heterocycles. The molecular weight excluding hydrogens is 387 g/mol. The Morgan fingerprint density at radius 3 is 2.24 bits per heavy atom. The van der Waals surface area contributed by atoms with Gasteiger partial charge in [0.05, 0.1) is 0 Å². The number of benzene rings is 1. The third-order valence-electron chi connectivity index (χ3n) is 4.39. The number of aromatic nitrogens is 2. The predicted molar refractivity (Wildman–Crippen MR) is 103 cm³/mol. The van der Waals surface area contributed by atoms with Gasteiger partial charge in [-0.25, -0.2) is 4.98 Å². The molecule has 0 aliphatic carbocycles. The van der Waals surface area contributed by atoms with Crippen LogP contribution in [-0.2, 0) is 0 Å². The molecular formula is C20H24F3N3O3. The van der Waals surface area contributed by atoms with Crippen LogP contribution in [0.15, 0.2) is 35.1 Å². The number of nitrogens with zero attached hydrogens (tertiary/aromatic N) is 2. The van der Waals surface area contributed by atoms with Crippen molar-refractivity contribution in [2.75, 3.05) is 19.0 Å². The number of rotatable bonds is 6. The standard InChI is InChI=1S/C20H24F3N3O3/c1-19(2,3)14(12-6-8-13(9-7-12)29-20(21,22)23)10-16(27)15-11-17(28)25-18(24-15)26(4)5/h6-9,11,14H,10H2,1-5H3,(H,24,25,28)/t14-/m0/s1. The third kappa shape index (κ3) is 6.33. The van der Waals surface area contributed by atoms with E-state index in [9.17, 15) is 22.8 Å². The first-order chi connectivity index (χ1) is 13.3. The van der Waals surface area contributed by atoms with Gasteiger partial charge in [-0.15, -0.1) is 13.2 Å². The first-order valence-corrected chi connectivity index (χ1v) is 8.94. The number of Topliss-reactive ketones (excluding diaryl/α,β-unsaturated/α-hetero) is 1. The van der Waals surface area contributed by atoms with E-state index in [1.807, 2.05) is 20.8 Å². The van der Waals surface area contributed by atoms with Crippen molar-refractivity contribution in [3.05, 3.63) is 51.9 Å². The maximum absolute atomic E-state index is 12.8. The van der Waals surface area contributed by atoms with Crippen LogP contribution in [0.1, 0.15) is 49.2 Å². The zero-order valence-corrected chi connectivity index (χ0v) is 16.9. The average Bonchev–Trinajstić information content (AvgIpc) is 2.57. The molecule has 1 heterocycles. The van der Waals surface area contributed by atoms with Crippen LogP contribution in [0.2, 0.25) is 0 Å². The molecule has 0 fully saturated rings. The van der Waals surface area contributed by atoms with Crippen molar-refractivity contribution in [1.82, 2.24) is 9.97 Å². The summed E-state index contributed by atoms with van der Waals surface area (Å²) in [7, 11) is 3.38. The van der Waals surface area contributed by atoms with Gasteiger partial charge in [-0.2, -0.15) is 0 Å². The second-order valence-corrected chi connectivity index (χ2v) is 8.01. The summed E-state index contributed by atoms with van der Waals surface area (Å²) in [6.07, 6.45) is -4.72. The summed E-state index contributed by atoms with van der Waals surface area (Å²) < 4.78 is 41.0. The molecule has 0 aliphatic heterocycles. The van der Waals surface area contributed by atoms with E-state index in [4.69, 9.17) is 0 Å². The molecule has 6 nitrogen and oxygen atoms in total. The number of halogens is 3. The number of H-pyrrole nitrogens is 1. The minimum Gasteiger partial charge on any atom is -0.406 e. The molecule has 29 heavy (non-hydrogen) atoms. The van der Waals surface area contributed by atoms with Crippen molar-refractivity contribution in [3.63, 3.8) is 0 Å². The summed E-state index contributed by atoms with van der Waals surface area (Å²) in [6.45, 7) is 5.80. The summed E-state index contributed by atoms with van der Waals surface area (Å²) >= 11 is 0. The topological polar surface area (TPSA) is 75.3 Å². The fourth-order valence-electron chi connectivity index (χ4n) is 2.92. The minimum atomic E-state index is -4.77. The predicted octanol–water partition coefficient (Wildman–Crippen LogP) is 4.14. The van der Waals surface area contributed by atoms with Gasteiger partial charge in [0.15, 0.2) is 5.78 Å². The van der Waals surface area contributed by atoms with E-state index in [1.165, 1.54) is 24.3 Å². The number of hydrogen-bond donors (Lipinski definition) is 1. The smallest absolute Gasteiger partial charge is 0.406 e. The molecule has 0 amide bonds. The maximum Gasteiger partial charge on any atom is 0.573 e. The van der Waals surface area contributed by atoms with Gasteiger partial charge in [0.25, 0.3) is 5.56 Å². The largest absolute Gasteiger partial charge is 0.573 e. The molecule has 1 N–H and O–H groups in total. The first-order valence-electron chi connectivity index (χ1n) is 8.94. The van der Waals surface area contributed by atoms with E-state index in [2.05, 4.69) is 14.7 Å². The van der Waals surface area contributed by atoms with Crippen molar-refractivity contribution in [2.24, 2.45) is 5.41 Å². The lowest BCUT2D eigenvalue weighted by Crippen LogP contribution is -2.24. The summed E-state index contributed by atoms with van der Waals surface area (Å²) in [5.41, 5.74) is -0.0667. The van der Waals surface area contributed by atoms with E-state index in [1.54, 1.807) is 19.0 Å². The van der Waals surface area contributed by atoms with Crippen LogP contribution in [-0.4, -0.2) is 36.2 Å². The number of ether oxygens (including phenoxy) is 1. The lowest BCUT2D eigenvalue weighted by molar-refractivity contribution is -0.274.